The minimum atomic E-state index is -1.32. The Labute approximate surface area is 501 Å². The first-order valence-corrected chi connectivity index (χ1v) is 29.8. The molecule has 422 valence electrons. The molecule has 0 saturated heterocycles. The van der Waals surface area contributed by atoms with E-state index >= 15 is 0 Å². The van der Waals surface area contributed by atoms with Gasteiger partial charge < -0.3 is 33.8 Å². The zero-order valence-corrected chi connectivity index (χ0v) is 50.1. The van der Waals surface area contributed by atoms with E-state index in [0.717, 1.165) is 38.5 Å². The van der Waals surface area contributed by atoms with Crippen LogP contribution in [0.2, 0.25) is 20.1 Å². The fraction of sp³-hybridized carbons (Fsp3) is 0.397. The Kier molecular flexibility index (Phi) is 17.2. The number of rotatable bonds is 11. The zero-order chi connectivity index (χ0) is 57.9. The number of benzene rings is 4. The highest BCUT2D eigenvalue weighted by atomic mass is 79.9. The van der Waals surface area contributed by atoms with E-state index in [1.165, 1.54) is 34.8 Å². The summed E-state index contributed by atoms with van der Waals surface area (Å²) in [5.41, 5.74) is 0.442. The molecule has 81 heavy (non-hydrogen) atoms. The number of hydrogen-bond donors (Lipinski definition) is 3. The lowest BCUT2D eigenvalue weighted by molar-refractivity contribution is -0.130. The summed E-state index contributed by atoms with van der Waals surface area (Å²) >= 11 is 31.4. The third kappa shape index (κ3) is 11.9. The lowest BCUT2D eigenvalue weighted by atomic mass is 9.73. The van der Waals surface area contributed by atoms with Crippen LogP contribution < -0.4 is 0 Å². The van der Waals surface area contributed by atoms with E-state index in [-0.39, 0.29) is 66.1 Å². The summed E-state index contributed by atoms with van der Waals surface area (Å²) in [5, 5.41) is 43.8. The van der Waals surface area contributed by atoms with Crippen molar-refractivity contribution in [3.05, 3.63) is 147 Å². The largest absolute Gasteiger partial charge is 0.382 e. The van der Waals surface area contributed by atoms with Crippen molar-refractivity contribution in [1.82, 2.24) is 20.3 Å². The first-order chi connectivity index (χ1) is 38.5. The standard InChI is InChI=1S/C29H26Cl2FN3O4S.C21H23Cl2NO4.C8H2BrFN2S/c1-28(2,36)26-18(24(35-39-26)23-19(30)5-4-6-20(23)31)13-38-17-9-14-7-8-15(10-17)29(14,37)27-34-25-21(32)11-16(33-3)12-22(25)40-27;1-21(2,26)20-14(10-27-13-8-11-6-7-12(9-13)19(11)25)18(24-28-20)17-15(22)4-3-5-16(17)23;1-11-4-2-5(10)7-6(3-4)13-8(9)12-7/h4-6,11-12,14-15,17,36-37H,7-10,13H2,1-2H3;3-5,11-13,26H,6-10H2,1-2H3;2-3H/t14-,15+,17?,29?;11-,12+,13?;. The molecule has 0 spiro atoms. The number of aliphatic hydroxyl groups is 3. The summed E-state index contributed by atoms with van der Waals surface area (Å²) in [4.78, 5) is 27.1. The van der Waals surface area contributed by atoms with Crippen molar-refractivity contribution < 1.29 is 47.4 Å². The zero-order valence-electron chi connectivity index (χ0n) is 43.8. The van der Waals surface area contributed by atoms with Gasteiger partial charge in [-0.3, -0.25) is 4.79 Å². The second-order valence-electron chi connectivity index (χ2n) is 21.7. The van der Waals surface area contributed by atoms with Gasteiger partial charge in [0.2, 0.25) is 0 Å². The van der Waals surface area contributed by atoms with Crippen LogP contribution in [0.4, 0.5) is 20.2 Å². The van der Waals surface area contributed by atoms with Crippen LogP contribution in [0.15, 0.2) is 73.6 Å². The molecule has 4 aliphatic rings. The van der Waals surface area contributed by atoms with E-state index < -0.39 is 28.4 Å². The van der Waals surface area contributed by atoms with Crippen LogP contribution in [0.25, 0.3) is 52.6 Å². The van der Waals surface area contributed by atoms with Crippen molar-refractivity contribution in [1.29, 1.82) is 0 Å². The smallest absolute Gasteiger partial charge is 0.191 e. The monoisotopic (exact) mass is 1280 g/mol. The van der Waals surface area contributed by atoms with Crippen molar-refractivity contribution in [2.75, 3.05) is 0 Å². The van der Waals surface area contributed by atoms with E-state index in [1.807, 2.05) is 0 Å². The van der Waals surface area contributed by atoms with Gasteiger partial charge in [-0.2, -0.15) is 0 Å². The molecule has 23 heteroatoms. The first kappa shape index (κ1) is 59.2. The fourth-order valence-electron chi connectivity index (χ4n) is 11.7. The van der Waals surface area contributed by atoms with E-state index in [0.29, 0.717) is 108 Å². The molecular formula is C58H51BrCl4F2N6O8S2. The predicted molar refractivity (Wildman–Crippen MR) is 311 cm³/mol. The van der Waals surface area contributed by atoms with Crippen LogP contribution in [0.1, 0.15) is 107 Å². The predicted octanol–water partition coefficient (Wildman–Crippen LogP) is 16.7. The fourth-order valence-corrected chi connectivity index (χ4v) is 15.5. The summed E-state index contributed by atoms with van der Waals surface area (Å²) in [5.74, 6) is 0.0101. The van der Waals surface area contributed by atoms with Gasteiger partial charge in [-0.25, -0.2) is 28.4 Å². The minimum absolute atomic E-state index is 0.00863. The molecule has 4 bridgehead atoms. The molecule has 3 N–H and O–H groups in total. The third-order valence-electron chi connectivity index (χ3n) is 15.4. The van der Waals surface area contributed by atoms with E-state index in [9.17, 15) is 28.9 Å². The minimum Gasteiger partial charge on any atom is -0.382 e. The molecule has 14 nitrogen and oxygen atoms in total. The van der Waals surface area contributed by atoms with Gasteiger partial charge in [-0.15, -0.1) is 22.7 Å². The average Bonchev–Trinajstić information content (AvgIpc) is 4.37. The Hall–Kier alpha value is -4.97. The van der Waals surface area contributed by atoms with E-state index in [2.05, 4.69) is 45.9 Å². The molecule has 0 radical (unpaired) electrons. The maximum Gasteiger partial charge on any atom is 0.191 e. The van der Waals surface area contributed by atoms with Gasteiger partial charge in [-0.05, 0) is 155 Å². The Morgan fingerprint density at radius 3 is 1.54 bits per heavy atom. The van der Waals surface area contributed by atoms with Crippen LogP contribution >= 0.6 is 85.0 Å². The SMILES string of the molecule is CC(C)(O)c1onc(-c2c(Cl)cccc2Cl)c1COC1C[C@H]2CC[C@@H](C1)C2=O.[C-]#[N+]c1cc(F)c2nc(Br)sc2c1.[C-]#[N+]c1cc(F)c2nc(C3(O)[C@@H]4CC[C@H]3CC(OCc3c(-c5c(Cl)cccc5Cl)noc3C(C)(C)O)C4)sc2c1. The Balaban J connectivity index is 0.000000155. The molecule has 0 aliphatic heterocycles. The first-order valence-electron chi connectivity index (χ1n) is 25.9. The summed E-state index contributed by atoms with van der Waals surface area (Å²) in [6, 6.07) is 16.0. The Morgan fingerprint density at radius 1 is 0.691 bits per heavy atom. The normalized spacial score (nSPS) is 22.3. The molecule has 4 aromatic heterocycles. The van der Waals surface area contributed by atoms with Crippen LogP contribution in [-0.4, -0.2) is 53.6 Å². The Bertz CT molecular complexity index is 3740. The maximum atomic E-state index is 14.6. The molecule has 8 aromatic rings. The molecule has 4 aromatic carbocycles. The molecule has 4 heterocycles. The number of ketones is 1. The number of carbonyl (C=O) groups excluding carboxylic acids is 1. The van der Waals surface area contributed by atoms with Crippen LogP contribution in [0.5, 0.6) is 0 Å². The highest BCUT2D eigenvalue weighted by Gasteiger charge is 2.56. The highest BCUT2D eigenvalue weighted by Crippen LogP contribution is 2.57. The molecule has 12 rings (SSSR count). The molecule has 4 saturated carbocycles. The second-order valence-corrected chi connectivity index (χ2v) is 26.7. The molecule has 0 amide bonds. The van der Waals surface area contributed by atoms with Gasteiger partial charge in [0, 0.05) is 32.4 Å². The molecule has 3 unspecified atom stereocenters. The van der Waals surface area contributed by atoms with E-state index in [1.54, 1.807) is 76.2 Å². The molecule has 7 atom stereocenters. The van der Waals surface area contributed by atoms with Crippen LogP contribution in [-0.2, 0) is 44.3 Å². The van der Waals surface area contributed by atoms with Crippen molar-refractivity contribution in [3.63, 3.8) is 0 Å². The number of ether oxygens (including phenoxy) is 2. The van der Waals surface area contributed by atoms with Crippen LogP contribution in [0.3, 0.4) is 0 Å². The second kappa shape index (κ2) is 23.6. The maximum absolute atomic E-state index is 14.6. The third-order valence-corrected chi connectivity index (χ3v) is 19.3. The number of Topliss-reactive ketones (excluding diaryl/α,β-unsaturated/α-hetero) is 1. The van der Waals surface area contributed by atoms with Gasteiger partial charge in [0.05, 0.1) is 69.8 Å². The number of thiazole rings is 2. The molecule has 4 aliphatic carbocycles. The van der Waals surface area contributed by atoms with Crippen molar-refractivity contribution >= 4 is 123 Å². The van der Waals surface area contributed by atoms with Crippen molar-refractivity contribution in [2.24, 2.45) is 23.7 Å². The topological polar surface area (TPSA) is 183 Å². The molecule has 4 fully saturated rings. The summed E-state index contributed by atoms with van der Waals surface area (Å²) in [6.07, 6.45) is 6.05. The summed E-state index contributed by atoms with van der Waals surface area (Å²) in [7, 11) is 0. The number of fused-ring (bicyclic) bond motifs is 6. The quantitative estimate of drug-likeness (QED) is 0.104. The van der Waals surface area contributed by atoms with Gasteiger partial charge >= 0.3 is 0 Å². The highest BCUT2D eigenvalue weighted by molar-refractivity contribution is 9.11. The lowest BCUT2D eigenvalue weighted by Gasteiger charge is -2.41. The number of hydrogen-bond acceptors (Lipinski definition) is 14. The van der Waals surface area contributed by atoms with Gasteiger partial charge in [-0.1, -0.05) is 68.8 Å². The van der Waals surface area contributed by atoms with Crippen molar-refractivity contribution in [2.45, 2.75) is 121 Å². The number of carbonyl (C=O) groups is 1. The number of aromatic nitrogens is 4. The Morgan fingerprint density at radius 2 is 1.11 bits per heavy atom. The number of nitrogens with zero attached hydrogens (tertiary/aromatic N) is 6. The van der Waals surface area contributed by atoms with Gasteiger partial charge in [0.1, 0.15) is 61.6 Å². The van der Waals surface area contributed by atoms with E-state index in [4.69, 9.17) is 78.1 Å². The summed E-state index contributed by atoms with van der Waals surface area (Å²) in [6.45, 7) is 20.8. The average molecular weight is 1280 g/mol. The number of halogens is 7. The van der Waals surface area contributed by atoms with Crippen LogP contribution in [0, 0.1) is 48.5 Å². The molecular weight excluding hydrogens is 1230 g/mol. The summed E-state index contributed by atoms with van der Waals surface area (Å²) < 4.78 is 53.4. The van der Waals surface area contributed by atoms with Gasteiger partial charge in [0.25, 0.3) is 0 Å². The lowest BCUT2D eigenvalue weighted by Crippen LogP contribution is -2.44. The van der Waals surface area contributed by atoms with Gasteiger partial charge in [0.15, 0.2) is 26.8 Å². The van der Waals surface area contributed by atoms with Crippen molar-refractivity contribution in [3.8, 4) is 22.5 Å².